The van der Waals surface area contributed by atoms with Gasteiger partial charge in [0, 0.05) is 39.6 Å². The molecule has 8 aromatic rings. The second kappa shape index (κ2) is 7.67. The van der Waals surface area contributed by atoms with Crippen LogP contribution in [-0.2, 0) is 0 Å². The highest BCUT2D eigenvalue weighted by Crippen LogP contribution is 2.45. The summed E-state index contributed by atoms with van der Waals surface area (Å²) in [6.45, 7) is 0. The normalized spacial score (nSPS) is 11.8. The van der Waals surface area contributed by atoms with Crippen molar-refractivity contribution in [3.05, 3.63) is 116 Å². The third-order valence-corrected chi connectivity index (χ3v) is 7.02. The molecule has 0 unspecified atom stereocenters. The van der Waals surface area contributed by atoms with Gasteiger partial charge in [0.1, 0.15) is 11.3 Å². The summed E-state index contributed by atoms with van der Waals surface area (Å²) < 4.78 is 12.9. The van der Waals surface area contributed by atoms with Gasteiger partial charge in [0.05, 0.1) is 18.1 Å². The van der Waals surface area contributed by atoms with E-state index in [1.807, 2.05) is 36.7 Å². The molecule has 0 aliphatic rings. The number of benzene rings is 4. The van der Waals surface area contributed by atoms with Crippen molar-refractivity contribution < 1.29 is 8.83 Å². The second-order valence-corrected chi connectivity index (χ2v) is 9.13. The van der Waals surface area contributed by atoms with Crippen LogP contribution in [0.2, 0.25) is 0 Å². The smallest absolute Gasteiger partial charge is 0.162 e. The first-order valence-corrected chi connectivity index (χ1v) is 12.1. The van der Waals surface area contributed by atoms with Gasteiger partial charge in [-0.25, -0.2) is 0 Å². The summed E-state index contributed by atoms with van der Waals surface area (Å²) in [5.41, 5.74) is 5.88. The van der Waals surface area contributed by atoms with Crippen molar-refractivity contribution in [3.63, 3.8) is 0 Å². The predicted octanol–water partition coefficient (Wildman–Crippen LogP) is 8.90. The molecule has 0 saturated carbocycles. The Labute approximate surface area is 211 Å². The van der Waals surface area contributed by atoms with Gasteiger partial charge in [-0.1, -0.05) is 60.7 Å². The van der Waals surface area contributed by atoms with E-state index >= 15 is 0 Å². The van der Waals surface area contributed by atoms with Crippen molar-refractivity contribution in [3.8, 4) is 0 Å². The zero-order valence-corrected chi connectivity index (χ0v) is 19.6. The largest absolute Gasteiger partial charge is 0.454 e. The van der Waals surface area contributed by atoms with E-state index in [0.717, 1.165) is 66.3 Å². The lowest BCUT2D eigenvalue weighted by atomic mass is 10.1. The summed E-state index contributed by atoms with van der Waals surface area (Å²) in [5, 5.41) is 6.41. The molecule has 0 aliphatic heterocycles. The zero-order valence-electron chi connectivity index (χ0n) is 19.6. The number of pyridine rings is 2. The molecule has 5 nitrogen and oxygen atoms in total. The van der Waals surface area contributed by atoms with E-state index in [2.05, 4.69) is 81.6 Å². The van der Waals surface area contributed by atoms with Crippen LogP contribution < -0.4 is 4.90 Å². The topological polar surface area (TPSA) is 55.3 Å². The molecule has 0 atom stereocenters. The van der Waals surface area contributed by atoms with Crippen molar-refractivity contribution in [2.24, 2.45) is 0 Å². The fourth-order valence-corrected chi connectivity index (χ4v) is 5.32. The van der Waals surface area contributed by atoms with Crippen molar-refractivity contribution in [2.75, 3.05) is 4.90 Å². The summed E-state index contributed by atoms with van der Waals surface area (Å²) in [7, 11) is 0. The molecule has 4 aromatic heterocycles. The molecule has 0 spiro atoms. The van der Waals surface area contributed by atoms with Crippen molar-refractivity contribution >= 4 is 71.7 Å². The lowest BCUT2D eigenvalue weighted by Crippen LogP contribution is -2.11. The van der Waals surface area contributed by atoms with Gasteiger partial charge in [0.25, 0.3) is 0 Å². The Morgan fingerprint density at radius 2 is 1.30 bits per heavy atom. The van der Waals surface area contributed by atoms with Gasteiger partial charge in [-0.2, -0.15) is 0 Å². The summed E-state index contributed by atoms with van der Waals surface area (Å²) in [6, 6.07) is 31.1. The van der Waals surface area contributed by atoms with Crippen LogP contribution in [-0.4, -0.2) is 9.97 Å². The number of furan rings is 2. The van der Waals surface area contributed by atoms with Crippen molar-refractivity contribution in [1.82, 2.24) is 9.97 Å². The molecular formula is C32H19N3O2. The Morgan fingerprint density at radius 1 is 0.514 bits per heavy atom. The van der Waals surface area contributed by atoms with E-state index in [1.54, 1.807) is 12.4 Å². The number of aromatic nitrogens is 2. The Kier molecular flexibility index (Phi) is 4.16. The van der Waals surface area contributed by atoms with Gasteiger partial charge >= 0.3 is 0 Å². The summed E-state index contributed by atoms with van der Waals surface area (Å²) in [4.78, 5) is 11.1. The van der Waals surface area contributed by atoms with Gasteiger partial charge in [-0.05, 0) is 41.1 Å². The number of nitrogens with zero attached hydrogens (tertiary/aromatic N) is 3. The third kappa shape index (κ3) is 2.98. The van der Waals surface area contributed by atoms with E-state index in [1.165, 1.54) is 5.39 Å². The fourth-order valence-electron chi connectivity index (χ4n) is 5.32. The Morgan fingerprint density at radius 3 is 2.27 bits per heavy atom. The number of para-hydroxylation sites is 2. The minimum absolute atomic E-state index is 0.753. The van der Waals surface area contributed by atoms with Gasteiger partial charge in [-0.3, -0.25) is 9.97 Å². The van der Waals surface area contributed by atoms with Crippen LogP contribution in [0.1, 0.15) is 0 Å². The SMILES string of the molecule is c1ccc2cc(N(c3cccc4c3oc3cnccc34)c3cncc4c3oc3ccccc34)ccc2c1. The average molecular weight is 478 g/mol. The van der Waals surface area contributed by atoms with Crippen LogP contribution in [0.4, 0.5) is 17.1 Å². The van der Waals surface area contributed by atoms with E-state index in [4.69, 9.17) is 8.83 Å². The van der Waals surface area contributed by atoms with E-state index in [-0.39, 0.29) is 0 Å². The first kappa shape index (κ1) is 20.1. The predicted molar refractivity (Wildman–Crippen MR) is 149 cm³/mol. The number of hydrogen-bond donors (Lipinski definition) is 0. The number of fused-ring (bicyclic) bond motifs is 7. The highest BCUT2D eigenvalue weighted by molar-refractivity contribution is 6.13. The Balaban J connectivity index is 1.48. The maximum Gasteiger partial charge on any atom is 0.162 e. The minimum atomic E-state index is 0.753. The molecule has 4 aromatic carbocycles. The monoisotopic (exact) mass is 477 g/mol. The molecule has 4 heterocycles. The van der Waals surface area contributed by atoms with Gasteiger partial charge < -0.3 is 13.7 Å². The van der Waals surface area contributed by atoms with Gasteiger partial charge in [-0.15, -0.1) is 0 Å². The van der Waals surface area contributed by atoms with Crippen LogP contribution in [0.25, 0.3) is 54.6 Å². The molecule has 0 amide bonds. The van der Waals surface area contributed by atoms with E-state index < -0.39 is 0 Å². The molecule has 0 aliphatic carbocycles. The summed E-state index contributed by atoms with van der Waals surface area (Å²) in [5.74, 6) is 0. The van der Waals surface area contributed by atoms with Crippen LogP contribution in [0.3, 0.4) is 0 Å². The first-order valence-electron chi connectivity index (χ1n) is 12.1. The van der Waals surface area contributed by atoms with Crippen molar-refractivity contribution in [2.45, 2.75) is 0 Å². The lowest BCUT2D eigenvalue weighted by Gasteiger charge is -2.25. The maximum atomic E-state index is 6.44. The van der Waals surface area contributed by atoms with Crippen LogP contribution in [0.15, 0.2) is 125 Å². The van der Waals surface area contributed by atoms with Gasteiger partial charge in [0.2, 0.25) is 0 Å². The molecule has 0 fully saturated rings. The average Bonchev–Trinajstić information content (AvgIpc) is 3.53. The molecule has 37 heavy (non-hydrogen) atoms. The molecule has 0 bridgehead atoms. The molecule has 0 N–H and O–H groups in total. The van der Waals surface area contributed by atoms with E-state index in [0.29, 0.717) is 0 Å². The van der Waals surface area contributed by atoms with Crippen LogP contribution in [0.5, 0.6) is 0 Å². The summed E-state index contributed by atoms with van der Waals surface area (Å²) >= 11 is 0. The summed E-state index contributed by atoms with van der Waals surface area (Å²) in [6.07, 6.45) is 7.30. The Bertz CT molecular complexity index is 2010. The zero-order chi connectivity index (χ0) is 24.3. The number of anilines is 3. The third-order valence-electron chi connectivity index (χ3n) is 7.02. The highest BCUT2D eigenvalue weighted by atomic mass is 16.3. The quantitative estimate of drug-likeness (QED) is 0.254. The lowest BCUT2D eigenvalue weighted by molar-refractivity contribution is 0.665. The molecule has 174 valence electrons. The molecule has 0 radical (unpaired) electrons. The van der Waals surface area contributed by atoms with Gasteiger partial charge in [0.15, 0.2) is 16.7 Å². The Hall–Kier alpha value is -5.16. The first-order chi connectivity index (χ1) is 18.3. The molecular weight excluding hydrogens is 458 g/mol. The number of rotatable bonds is 3. The minimum Gasteiger partial charge on any atom is -0.454 e. The van der Waals surface area contributed by atoms with Crippen molar-refractivity contribution in [1.29, 1.82) is 0 Å². The fraction of sp³-hybridized carbons (Fsp3) is 0. The van der Waals surface area contributed by atoms with Crippen LogP contribution >= 0.6 is 0 Å². The van der Waals surface area contributed by atoms with E-state index in [9.17, 15) is 0 Å². The number of hydrogen-bond acceptors (Lipinski definition) is 5. The highest BCUT2D eigenvalue weighted by Gasteiger charge is 2.23. The second-order valence-electron chi connectivity index (χ2n) is 9.13. The molecule has 8 rings (SSSR count). The standard InChI is InChI=1S/C32H19N3O2/c1-2-7-21-16-22(13-12-20(21)6-1)35(27-10-5-9-25-24-14-15-33-19-30(24)37-31(25)27)28-18-34-17-26-23-8-3-4-11-29(23)36-32(26)28/h1-19H. The molecule has 0 saturated heterocycles. The van der Waals surface area contributed by atoms with Crippen LogP contribution in [0, 0.1) is 0 Å². The maximum absolute atomic E-state index is 6.44. The molecule has 5 heteroatoms.